The first-order valence-corrected chi connectivity index (χ1v) is 20.2. The Bertz CT molecular complexity index is 2380. The first-order chi connectivity index (χ1) is 27.1. The van der Waals surface area contributed by atoms with Gasteiger partial charge in [-0.1, -0.05) is 36.1 Å². The molecule has 0 atom stereocenters. The fraction of sp³-hybridized carbons (Fsp3) is 0.195. The van der Waals surface area contributed by atoms with Crippen molar-refractivity contribution >= 4 is 50.7 Å². The molecule has 6 rings (SSSR count). The third-order valence-corrected chi connectivity index (χ3v) is 11.0. The maximum Gasteiger partial charge on any atom is 0.293 e. The van der Waals surface area contributed by atoms with Crippen molar-refractivity contribution in [3.05, 3.63) is 148 Å². The van der Waals surface area contributed by atoms with E-state index in [0.717, 1.165) is 28.0 Å². The molecule has 5 aromatic rings. The van der Waals surface area contributed by atoms with Crippen molar-refractivity contribution in [1.29, 1.82) is 0 Å². The minimum absolute atomic E-state index is 0.0901. The smallest absolute Gasteiger partial charge is 0.293 e. The summed E-state index contributed by atoms with van der Waals surface area (Å²) in [5.41, 5.74) is 2.47. The van der Waals surface area contributed by atoms with Gasteiger partial charge in [0, 0.05) is 84.2 Å². The number of aromatic nitrogens is 1. The van der Waals surface area contributed by atoms with E-state index in [-0.39, 0.29) is 17.2 Å². The average molecular weight is 791 g/mol. The zero-order chi connectivity index (χ0) is 39.5. The molecule has 2 amide bonds. The molecule has 4 aromatic carbocycles. The van der Waals surface area contributed by atoms with Gasteiger partial charge in [-0.25, -0.2) is 13.1 Å². The number of nitro groups is 1. The number of rotatable bonds is 13. The van der Waals surface area contributed by atoms with Crippen LogP contribution < -0.4 is 19.7 Å². The van der Waals surface area contributed by atoms with Gasteiger partial charge < -0.3 is 19.9 Å². The number of hydrogen-bond acceptors (Lipinski definition) is 11. The Morgan fingerprint density at radius 3 is 2.36 bits per heavy atom. The van der Waals surface area contributed by atoms with E-state index in [1.54, 1.807) is 41.1 Å². The van der Waals surface area contributed by atoms with Crippen molar-refractivity contribution in [1.82, 2.24) is 14.6 Å². The van der Waals surface area contributed by atoms with Crippen LogP contribution in [0.4, 0.5) is 17.1 Å². The molecular weight excluding hydrogens is 753 g/mol. The van der Waals surface area contributed by atoms with Gasteiger partial charge in [-0.15, -0.1) is 11.8 Å². The third kappa shape index (κ3) is 10.2. The van der Waals surface area contributed by atoms with E-state index in [0.29, 0.717) is 56.2 Å². The Labute approximate surface area is 329 Å². The lowest BCUT2D eigenvalue weighted by molar-refractivity contribution is -0.384. The summed E-state index contributed by atoms with van der Waals surface area (Å²) in [6.07, 6.45) is 3.14. The topological polar surface area (TPSA) is 164 Å². The minimum Gasteiger partial charge on any atom is -0.494 e. The van der Waals surface area contributed by atoms with Crippen molar-refractivity contribution in [2.75, 3.05) is 55.3 Å². The Morgan fingerprint density at radius 1 is 0.875 bits per heavy atom. The summed E-state index contributed by atoms with van der Waals surface area (Å²) in [7, 11) is -4.43. The zero-order valence-electron chi connectivity index (χ0n) is 30.4. The molecule has 1 fully saturated rings. The molecule has 0 aliphatic carbocycles. The minimum atomic E-state index is -4.43. The van der Waals surface area contributed by atoms with Crippen molar-refractivity contribution in [2.45, 2.75) is 16.7 Å². The maximum atomic E-state index is 13.4. The largest absolute Gasteiger partial charge is 0.494 e. The summed E-state index contributed by atoms with van der Waals surface area (Å²) in [5.74, 6) is 6.50. The Balaban J connectivity index is 1.01. The zero-order valence-corrected chi connectivity index (χ0v) is 32.0. The highest BCUT2D eigenvalue weighted by atomic mass is 32.2. The Morgan fingerprint density at radius 2 is 1.62 bits per heavy atom. The predicted octanol–water partition coefficient (Wildman–Crippen LogP) is 6.07. The number of nitro benzene ring substituents is 1. The summed E-state index contributed by atoms with van der Waals surface area (Å²) in [4.78, 5) is 46.2. The van der Waals surface area contributed by atoms with Crippen molar-refractivity contribution in [3.63, 3.8) is 0 Å². The van der Waals surface area contributed by atoms with Crippen LogP contribution in [0, 0.1) is 22.0 Å². The number of nitrogens with zero attached hydrogens (tertiary/aromatic N) is 4. The third-order valence-electron chi connectivity index (χ3n) is 8.68. The molecule has 0 spiro atoms. The number of thioether (sulfide) groups is 1. The van der Waals surface area contributed by atoms with Crippen LogP contribution in [0.5, 0.6) is 5.75 Å². The molecule has 1 aliphatic rings. The fourth-order valence-electron chi connectivity index (χ4n) is 5.86. The van der Waals surface area contributed by atoms with Gasteiger partial charge in [-0.2, -0.15) is 0 Å². The van der Waals surface area contributed by atoms with Crippen LogP contribution >= 0.6 is 11.8 Å². The van der Waals surface area contributed by atoms with E-state index in [4.69, 9.17) is 4.74 Å². The van der Waals surface area contributed by atoms with Crippen molar-refractivity contribution in [2.24, 2.45) is 0 Å². The summed E-state index contributed by atoms with van der Waals surface area (Å²) < 4.78 is 33.8. The first kappa shape index (κ1) is 39.3. The molecule has 13 nitrogen and oxygen atoms in total. The quantitative estimate of drug-likeness (QED) is 0.0468. The van der Waals surface area contributed by atoms with Gasteiger partial charge in [0.05, 0.1) is 22.0 Å². The second-order valence-corrected chi connectivity index (χ2v) is 15.3. The SMILES string of the molecule is CCOc1cccc(C#Cc2cncc(C(=O)N3CCN(c4ccc(C(=O)NS(=O)(=O)c5ccc(NCCSc6ccccc6)c([N+](=O)[O-])c5)cc4)CC3)c2)c1. The molecule has 15 heteroatoms. The molecule has 0 unspecified atom stereocenters. The summed E-state index contributed by atoms with van der Waals surface area (Å²) >= 11 is 1.58. The average Bonchev–Trinajstić information content (AvgIpc) is 3.22. The van der Waals surface area contributed by atoms with Crippen LogP contribution in [0.1, 0.15) is 38.8 Å². The molecule has 56 heavy (non-hydrogen) atoms. The number of ether oxygens (including phenoxy) is 1. The highest BCUT2D eigenvalue weighted by molar-refractivity contribution is 7.99. The van der Waals surface area contributed by atoms with Crippen molar-refractivity contribution < 1.29 is 27.7 Å². The van der Waals surface area contributed by atoms with Crippen LogP contribution in [0.25, 0.3) is 0 Å². The first-order valence-electron chi connectivity index (χ1n) is 17.7. The lowest BCUT2D eigenvalue weighted by atomic mass is 10.1. The van der Waals surface area contributed by atoms with Crippen LogP contribution in [0.3, 0.4) is 0 Å². The monoisotopic (exact) mass is 790 g/mol. The Kier molecular flexibility index (Phi) is 12.9. The van der Waals surface area contributed by atoms with Gasteiger partial charge in [-0.3, -0.25) is 24.7 Å². The lowest BCUT2D eigenvalue weighted by Crippen LogP contribution is -2.48. The molecular formula is C41H38N6O7S2. The van der Waals surface area contributed by atoms with Crippen LogP contribution in [0.15, 0.2) is 125 Å². The number of sulfonamides is 1. The molecule has 286 valence electrons. The second-order valence-electron chi connectivity index (χ2n) is 12.5. The molecule has 0 saturated carbocycles. The molecule has 1 saturated heterocycles. The van der Waals surface area contributed by atoms with E-state index >= 15 is 0 Å². The van der Waals surface area contributed by atoms with E-state index in [2.05, 4.69) is 27.0 Å². The number of anilines is 2. The van der Waals surface area contributed by atoms with Crippen LogP contribution in [0.2, 0.25) is 0 Å². The highest BCUT2D eigenvalue weighted by Crippen LogP contribution is 2.28. The molecule has 0 bridgehead atoms. The molecule has 1 aliphatic heterocycles. The summed E-state index contributed by atoms with van der Waals surface area (Å²) in [6, 6.07) is 28.8. The van der Waals surface area contributed by atoms with Crippen LogP contribution in [-0.4, -0.2) is 80.1 Å². The number of carbonyl (C=O) groups is 2. The lowest BCUT2D eigenvalue weighted by Gasteiger charge is -2.36. The van der Waals surface area contributed by atoms with E-state index in [1.807, 2.05) is 66.2 Å². The number of pyridine rings is 1. The van der Waals surface area contributed by atoms with Gasteiger partial charge >= 0.3 is 0 Å². The number of nitrogens with one attached hydrogen (secondary N) is 2. The summed E-state index contributed by atoms with van der Waals surface area (Å²) in [5, 5.41) is 14.8. The number of hydrogen-bond donors (Lipinski definition) is 2. The molecule has 1 aromatic heterocycles. The van der Waals surface area contributed by atoms with Gasteiger partial charge in [0.2, 0.25) is 0 Å². The number of piperazine rings is 1. The molecule has 0 radical (unpaired) electrons. The van der Waals surface area contributed by atoms with Gasteiger partial charge in [0.15, 0.2) is 0 Å². The number of benzene rings is 4. The predicted molar refractivity (Wildman–Crippen MR) is 216 cm³/mol. The van der Waals surface area contributed by atoms with E-state index in [1.165, 1.54) is 30.5 Å². The normalized spacial score (nSPS) is 12.6. The van der Waals surface area contributed by atoms with E-state index in [9.17, 15) is 28.1 Å². The van der Waals surface area contributed by atoms with Gasteiger partial charge in [0.1, 0.15) is 11.4 Å². The summed E-state index contributed by atoms with van der Waals surface area (Å²) in [6.45, 7) is 4.85. The van der Waals surface area contributed by atoms with E-state index < -0.39 is 31.4 Å². The standard InChI is InChI=1S/C41H38N6O7S2/c1-2-54-35-8-6-7-30(26-35)11-12-31-25-33(29-42-28-31)41(49)46-22-20-45(21-23-46)34-15-13-32(14-16-34)40(48)44-56(52,53)37-17-18-38(39(27-37)47(50)51)43-19-24-55-36-9-4-3-5-10-36/h3-10,13-18,25-29,43H,2,19-24H2,1H3,(H,44,48). The number of carbonyl (C=O) groups excluding carboxylic acids is 2. The fourth-order valence-corrected chi connectivity index (χ4v) is 7.65. The van der Waals surface area contributed by atoms with Crippen LogP contribution in [-0.2, 0) is 10.0 Å². The van der Waals surface area contributed by atoms with Gasteiger partial charge in [0.25, 0.3) is 27.5 Å². The molecule has 2 N–H and O–H groups in total. The Hall–Kier alpha value is -6.37. The number of amides is 2. The van der Waals surface area contributed by atoms with Gasteiger partial charge in [-0.05, 0) is 79.7 Å². The van der Waals surface area contributed by atoms with Crippen molar-refractivity contribution in [3.8, 4) is 17.6 Å². The highest BCUT2D eigenvalue weighted by Gasteiger charge is 2.25. The molecule has 2 heterocycles. The maximum absolute atomic E-state index is 13.4. The second kappa shape index (κ2) is 18.3.